The van der Waals surface area contributed by atoms with Crippen molar-refractivity contribution < 1.29 is 121 Å². The number of aliphatic hydroxyl groups is 3. The van der Waals surface area contributed by atoms with Crippen molar-refractivity contribution in [3.8, 4) is 5.75 Å². The lowest BCUT2D eigenvalue weighted by Gasteiger charge is -2.63. The van der Waals surface area contributed by atoms with Gasteiger partial charge >= 0.3 is 36.9 Å². The van der Waals surface area contributed by atoms with Crippen LogP contribution in [0.3, 0.4) is 0 Å². The number of aromatic nitrogens is 5. The van der Waals surface area contributed by atoms with E-state index < -0.39 is 75.2 Å². The zero-order valence-electron chi connectivity index (χ0n) is 74.6. The molecule has 1 aliphatic carbocycles. The number of carbonyl (C=O) groups is 9. The number of nitrogen functional groups attached to an aromatic ring is 1. The van der Waals surface area contributed by atoms with E-state index in [0.717, 1.165) is 45.5 Å². The third-order valence-electron chi connectivity index (χ3n) is 24.4. The highest BCUT2D eigenvalue weighted by Crippen LogP contribution is 2.68. The van der Waals surface area contributed by atoms with Crippen LogP contribution in [-0.2, 0) is 115 Å². The third kappa shape index (κ3) is 26.0. The molecule has 3 fully saturated rings. The van der Waals surface area contributed by atoms with E-state index >= 15 is 4.79 Å². The van der Waals surface area contributed by atoms with E-state index in [1.807, 2.05) is 56.1 Å². The molecule has 44 heteroatoms. The Hall–Kier alpha value is -12.6. The standard InChI is InChI=1S/C60H84N8O12S2.C23H28N8O4.5CO2/c1-8-56(76)29-38-30-58(34-79-35-69,49-40(17-21-67(32-38)33-56)39-14-10-11-15-43(39)62-49)42-27-41-45(28-48(42)78-7)66(6)52-59(41)19-22-68-20-13-18-57(9-2,51(59)68)53(73)60(52,77)54(74)64-65-55(75)80-23-25-82-81-24-12-16-46(70)44(31-61)63-50(72)37(5)26-47(71)36(3)4;1-13(20(33)25-2)10-17(32)4-3-9-26-21(34)14-5-7-15(8-6-14)27-11-16-12-28-19-18(29-16)22(35)31-23(24)30-19;5*2-1-3/h10-11,13-15,18,27-28,35-38,44,51-53,62,73,76-77H,8-9,12,16-17,19-26,29-34,61H2,1-7H3,(H,63,72)(H,64,74)(H,65,75);5-8,12-13,27H,3-4,9-11H2,1-2H3,(H,25,33)(H,26,34)(H3,24,28,30,31,35);;;;;/t37-,38-,44+,51+,52-,53-,56+,57-,58+,59-,60+;13-;;;;;/m11...../s1. The number of carbonyl (C=O) groups excluding carboxylic acids is 19. The second-order valence-corrected chi connectivity index (χ2v) is 35.3. The van der Waals surface area contributed by atoms with E-state index in [9.17, 15) is 58.5 Å². The van der Waals surface area contributed by atoms with E-state index in [1.165, 1.54) is 27.8 Å². The fourth-order valence-corrected chi connectivity index (χ4v) is 20.6. The summed E-state index contributed by atoms with van der Waals surface area (Å²) in [6.45, 7) is 15.1. The van der Waals surface area contributed by atoms with Crippen LogP contribution in [0.25, 0.3) is 22.1 Å². The molecule has 42 nitrogen and oxygen atoms in total. The minimum absolute atomic E-state index is 0.00752. The van der Waals surface area contributed by atoms with E-state index in [0.29, 0.717) is 138 Å². The highest BCUT2D eigenvalue weighted by atomic mass is 33.1. The number of nitrogens with two attached hydrogens (primary N) is 2. The molecule has 2 saturated heterocycles. The van der Waals surface area contributed by atoms with Gasteiger partial charge in [-0.3, -0.25) is 63.4 Å². The van der Waals surface area contributed by atoms with Crippen LogP contribution in [0, 0.1) is 29.1 Å². The first-order valence-electron chi connectivity index (χ1n) is 42.3. The summed E-state index contributed by atoms with van der Waals surface area (Å²) in [5.74, 6) is -1.73. The number of hydrazine groups is 1. The first-order chi connectivity index (χ1) is 63.0. The molecule has 15 N–H and O–H groups in total. The summed E-state index contributed by atoms with van der Waals surface area (Å²) in [6, 6.07) is 16.9. The predicted molar refractivity (Wildman–Crippen MR) is 471 cm³/mol. The number of amides is 5. The first kappa shape index (κ1) is 108. The van der Waals surface area contributed by atoms with Crippen LogP contribution in [0.1, 0.15) is 151 Å². The summed E-state index contributed by atoms with van der Waals surface area (Å²) in [5, 5.41) is 50.8. The van der Waals surface area contributed by atoms with Crippen molar-refractivity contribution in [1.82, 2.24) is 61.5 Å². The van der Waals surface area contributed by atoms with Gasteiger partial charge in [0.15, 0.2) is 22.5 Å². The highest BCUT2D eigenvalue weighted by Gasteiger charge is 2.79. The van der Waals surface area contributed by atoms with Gasteiger partial charge in [-0.15, -0.1) is 0 Å². The van der Waals surface area contributed by atoms with Crippen LogP contribution < -0.4 is 58.8 Å². The number of rotatable bonds is 34. The van der Waals surface area contributed by atoms with Crippen molar-refractivity contribution >= 4 is 145 Å². The minimum Gasteiger partial charge on any atom is -0.496 e. The van der Waals surface area contributed by atoms with E-state index in [1.54, 1.807) is 66.1 Å². The van der Waals surface area contributed by atoms with Gasteiger partial charge in [0, 0.05) is 170 Å². The molecular formula is C88H112N16O26S2. The van der Waals surface area contributed by atoms with Gasteiger partial charge < -0.3 is 72.1 Å². The summed E-state index contributed by atoms with van der Waals surface area (Å²) in [6.07, 6.45) is 9.03. The Balaban J connectivity index is 0.000000442. The lowest BCUT2D eigenvalue weighted by molar-refractivity contribution is -0.204. The van der Waals surface area contributed by atoms with Crippen molar-refractivity contribution in [2.45, 2.75) is 171 Å². The SMILES string of the molecule is CC[C@]1(O)C[C@H]2CN(CCc3c([nH]c4ccccc34)[C@@](COC=O)(c3cc4c(cc3OC)N(C)[C@H]3[C@@](O)(C(=O)NNC(=O)OCCSSCCCC(=O)[C@H](CN)NC(=O)[C@H](C)CC(=O)C(C)C)[C@H](O)[C@]5(CC)C=CCN6CC[C@]43[C@@H]65)C2)C1.CNC(=O)[C@H](C)CC(=O)CCCNC(=O)c1ccc(NCc2cnc3nc(N)[nH]c(=O)c3n2)cc1.O=C=O.O=C=O.O=C=O.O=C=O.O=C=O. The zero-order chi connectivity index (χ0) is 97.8. The summed E-state index contributed by atoms with van der Waals surface area (Å²) in [4.78, 5) is 233. The highest BCUT2D eigenvalue weighted by molar-refractivity contribution is 8.76. The molecule has 1 spiro atoms. The van der Waals surface area contributed by atoms with E-state index in [2.05, 4.69) is 85.0 Å². The molecule has 6 aliphatic rings. The maximum Gasteiger partial charge on any atom is 0.426 e. The van der Waals surface area contributed by atoms with Crippen molar-refractivity contribution in [2.24, 2.45) is 34.8 Å². The molecular weight excluding hydrogens is 1760 g/mol. The Morgan fingerprint density at radius 1 is 0.788 bits per heavy atom. The fourth-order valence-electron chi connectivity index (χ4n) is 18.7. The number of ether oxygens (including phenoxy) is 3. The molecule has 6 aromatic rings. The molecule has 8 heterocycles. The average molecular weight is 1870 g/mol. The number of benzene rings is 3. The summed E-state index contributed by atoms with van der Waals surface area (Å²) >= 11 is 0. The maximum absolute atomic E-state index is 15.1. The number of para-hydroxylation sites is 1. The zero-order valence-corrected chi connectivity index (χ0v) is 76.2. The van der Waals surface area contributed by atoms with Gasteiger partial charge in [-0.25, -0.2) is 20.2 Å². The lowest BCUT2D eigenvalue weighted by atomic mass is 9.47. The van der Waals surface area contributed by atoms with Crippen molar-refractivity contribution in [3.63, 3.8) is 0 Å². The Labute approximate surface area is 766 Å². The lowest BCUT2D eigenvalue weighted by Crippen LogP contribution is -2.82. The number of piperidine rings is 1. The second kappa shape index (κ2) is 51.2. The van der Waals surface area contributed by atoms with Gasteiger partial charge in [0.1, 0.15) is 36.6 Å². The van der Waals surface area contributed by atoms with Crippen LogP contribution in [0.5, 0.6) is 5.75 Å². The van der Waals surface area contributed by atoms with Gasteiger partial charge in [0.25, 0.3) is 23.8 Å². The topological polar surface area (TPSA) is 634 Å². The summed E-state index contributed by atoms with van der Waals surface area (Å²) in [7, 11) is 7.88. The number of aromatic amines is 2. The van der Waals surface area contributed by atoms with Gasteiger partial charge in [0.2, 0.25) is 17.8 Å². The Kier molecular flexibility index (Phi) is 42.0. The monoisotopic (exact) mass is 1870 g/mol. The number of Topliss-reactive ketones (excluding diaryl/α,β-unsaturated/α-hetero) is 3. The fraction of sp³-hybridized carbons (Fsp3) is 0.523. The van der Waals surface area contributed by atoms with Crippen molar-refractivity contribution in [1.29, 1.82) is 0 Å². The van der Waals surface area contributed by atoms with Crippen LogP contribution in [0.2, 0.25) is 0 Å². The number of methoxy groups -OCH3 is 1. The molecule has 712 valence electrons. The molecule has 1 unspecified atom stereocenters. The number of anilines is 3. The maximum atomic E-state index is 15.1. The van der Waals surface area contributed by atoms with E-state index in [-0.39, 0.29) is 140 Å². The van der Waals surface area contributed by atoms with Crippen LogP contribution in [0.15, 0.2) is 83.8 Å². The molecule has 13 atom stereocenters. The Morgan fingerprint density at radius 3 is 2.09 bits per heavy atom. The van der Waals surface area contributed by atoms with Crippen molar-refractivity contribution in [2.75, 3.05) is 108 Å². The molecule has 132 heavy (non-hydrogen) atoms. The number of likely N-dealkylation sites (N-methyl/N-ethyl adjacent to an activating group) is 1. The van der Waals surface area contributed by atoms with Gasteiger partial charge in [-0.1, -0.05) is 93.5 Å². The van der Waals surface area contributed by atoms with Crippen LogP contribution in [-0.4, -0.2) is 262 Å². The number of hydrogen-bond donors (Lipinski definition) is 13. The molecule has 5 aliphatic heterocycles. The molecule has 3 aromatic carbocycles. The number of nitrogens with one attached hydrogen (secondary N) is 8. The quantitative estimate of drug-likeness (QED) is 0.00906. The third-order valence-corrected chi connectivity index (χ3v) is 26.9. The van der Waals surface area contributed by atoms with Gasteiger partial charge in [-0.2, -0.15) is 52.9 Å². The van der Waals surface area contributed by atoms with Crippen LogP contribution >= 0.6 is 21.6 Å². The normalized spacial score (nSPS) is 22.4. The molecule has 1 saturated carbocycles. The Morgan fingerprint density at radius 2 is 1.45 bits per heavy atom. The largest absolute Gasteiger partial charge is 0.496 e. The smallest absolute Gasteiger partial charge is 0.426 e. The van der Waals surface area contributed by atoms with Crippen molar-refractivity contribution in [3.05, 3.63) is 123 Å². The molecule has 12 rings (SSSR count). The number of H-pyrrole nitrogens is 2. The van der Waals surface area contributed by atoms with Gasteiger partial charge in [0.05, 0.1) is 48.6 Å². The molecule has 0 radical (unpaired) electrons. The van der Waals surface area contributed by atoms with E-state index in [4.69, 9.17) is 73.6 Å². The average Bonchev–Trinajstić information content (AvgIpc) is 1.47. The number of hydrogen-bond acceptors (Lipinski definition) is 37. The van der Waals surface area contributed by atoms with Gasteiger partial charge in [-0.05, 0) is 111 Å². The predicted octanol–water partition coefficient (Wildman–Crippen LogP) is 2.27. The second-order valence-electron chi connectivity index (χ2n) is 32.6. The number of aliphatic hydroxyl groups excluding tert-OH is 1. The minimum atomic E-state index is -2.54. The van der Waals surface area contributed by atoms with Crippen LogP contribution in [0.4, 0.5) is 22.1 Å². The summed E-state index contributed by atoms with van der Waals surface area (Å²) < 4.78 is 17.9. The molecule has 2 bridgehead atoms. The number of ketones is 3. The molecule has 5 amide bonds. The molecule has 3 aromatic heterocycles. The number of fused-ring (bicyclic) bond motifs is 7. The summed E-state index contributed by atoms with van der Waals surface area (Å²) in [5.41, 5.74) is 16.3. The number of nitrogens with zero attached hydrogens (tertiary/aromatic N) is 6. The first-order valence-corrected chi connectivity index (χ1v) is 44.8. The Bertz CT molecular complexity index is 5230.